The maximum absolute atomic E-state index is 13.9. The molecule has 2 aromatic carbocycles. The Morgan fingerprint density at radius 1 is 1.15 bits per heavy atom. The molecule has 0 heterocycles. The van der Waals surface area contributed by atoms with Gasteiger partial charge in [-0.05, 0) is 45.6 Å². The molecule has 0 saturated carbocycles. The van der Waals surface area contributed by atoms with Crippen molar-refractivity contribution in [3.8, 4) is 0 Å². The van der Waals surface area contributed by atoms with Crippen LogP contribution in [0.25, 0.3) is 0 Å². The zero-order valence-electron chi connectivity index (χ0n) is 11.3. The zero-order valence-corrected chi connectivity index (χ0v) is 12.9. The van der Waals surface area contributed by atoms with Crippen molar-refractivity contribution in [3.05, 3.63) is 63.9 Å². The molecule has 0 radical (unpaired) electrons. The Labute approximate surface area is 126 Å². The predicted molar refractivity (Wildman–Crippen MR) is 82.6 cm³/mol. The Balaban J connectivity index is 2.31. The SMILES string of the molecule is CC(C)c1ccccc1NC(=O)c1cccc(Br)c1F. The van der Waals surface area contributed by atoms with Gasteiger partial charge in [0.2, 0.25) is 0 Å². The van der Waals surface area contributed by atoms with Crippen LogP contribution in [0.15, 0.2) is 46.9 Å². The van der Waals surface area contributed by atoms with Gasteiger partial charge in [0.25, 0.3) is 5.91 Å². The molecular weight excluding hydrogens is 321 g/mol. The van der Waals surface area contributed by atoms with E-state index in [0.717, 1.165) is 5.56 Å². The standard InChI is InChI=1S/C16H15BrFNO/c1-10(2)11-6-3-4-9-14(11)19-16(20)12-7-5-8-13(17)15(12)18/h3-10H,1-2H3,(H,19,20). The van der Waals surface area contributed by atoms with Crippen LogP contribution in [0.5, 0.6) is 0 Å². The van der Waals surface area contributed by atoms with E-state index in [1.54, 1.807) is 12.1 Å². The number of amides is 1. The van der Waals surface area contributed by atoms with Crippen LogP contribution < -0.4 is 5.32 Å². The fraction of sp³-hybridized carbons (Fsp3) is 0.188. The molecule has 0 aliphatic rings. The topological polar surface area (TPSA) is 29.1 Å². The number of carbonyl (C=O) groups is 1. The van der Waals surface area contributed by atoms with Crippen molar-refractivity contribution in [1.29, 1.82) is 0 Å². The molecule has 0 aliphatic carbocycles. The van der Waals surface area contributed by atoms with Crippen molar-refractivity contribution in [3.63, 3.8) is 0 Å². The molecule has 20 heavy (non-hydrogen) atoms. The largest absolute Gasteiger partial charge is 0.322 e. The van der Waals surface area contributed by atoms with E-state index in [2.05, 4.69) is 21.2 Å². The zero-order chi connectivity index (χ0) is 14.7. The molecule has 2 nitrogen and oxygen atoms in total. The maximum Gasteiger partial charge on any atom is 0.258 e. The van der Waals surface area contributed by atoms with E-state index in [9.17, 15) is 9.18 Å². The molecular formula is C16H15BrFNO. The average molecular weight is 336 g/mol. The van der Waals surface area contributed by atoms with Crippen molar-refractivity contribution >= 4 is 27.5 Å². The smallest absolute Gasteiger partial charge is 0.258 e. The van der Waals surface area contributed by atoms with Gasteiger partial charge in [-0.3, -0.25) is 4.79 Å². The lowest BCUT2D eigenvalue weighted by atomic mass is 10.0. The first-order valence-electron chi connectivity index (χ1n) is 6.35. The number of carbonyl (C=O) groups excluding carboxylic acids is 1. The average Bonchev–Trinajstić information content (AvgIpc) is 2.42. The molecule has 0 fully saturated rings. The van der Waals surface area contributed by atoms with Crippen LogP contribution in [0.2, 0.25) is 0 Å². The van der Waals surface area contributed by atoms with Crippen molar-refractivity contribution in [2.45, 2.75) is 19.8 Å². The van der Waals surface area contributed by atoms with Gasteiger partial charge >= 0.3 is 0 Å². The summed E-state index contributed by atoms with van der Waals surface area (Å²) in [7, 11) is 0. The molecule has 0 aliphatic heterocycles. The first-order chi connectivity index (χ1) is 9.50. The van der Waals surface area contributed by atoms with Crippen LogP contribution in [0.1, 0.15) is 35.7 Å². The van der Waals surface area contributed by atoms with Gasteiger partial charge < -0.3 is 5.32 Å². The van der Waals surface area contributed by atoms with Crippen LogP contribution in [-0.2, 0) is 0 Å². The van der Waals surface area contributed by atoms with Crippen molar-refractivity contribution in [2.24, 2.45) is 0 Å². The van der Waals surface area contributed by atoms with Crippen LogP contribution in [0.3, 0.4) is 0 Å². The summed E-state index contributed by atoms with van der Waals surface area (Å²) in [6.07, 6.45) is 0. The third-order valence-electron chi connectivity index (χ3n) is 3.03. The fourth-order valence-electron chi connectivity index (χ4n) is 1.98. The van der Waals surface area contributed by atoms with Gasteiger partial charge in [-0.2, -0.15) is 0 Å². The lowest BCUT2D eigenvalue weighted by Crippen LogP contribution is -2.15. The Bertz CT molecular complexity index is 640. The van der Waals surface area contributed by atoms with Crippen molar-refractivity contribution in [1.82, 2.24) is 0 Å². The molecule has 0 saturated heterocycles. The highest BCUT2D eigenvalue weighted by atomic mass is 79.9. The molecule has 4 heteroatoms. The Kier molecular flexibility index (Phi) is 4.55. The van der Waals surface area contributed by atoms with Crippen LogP contribution in [0.4, 0.5) is 10.1 Å². The summed E-state index contributed by atoms with van der Waals surface area (Å²) in [6, 6.07) is 12.2. The number of rotatable bonds is 3. The molecule has 0 bridgehead atoms. The summed E-state index contributed by atoms with van der Waals surface area (Å²) in [6.45, 7) is 4.09. The Hall–Kier alpha value is -1.68. The second-order valence-electron chi connectivity index (χ2n) is 4.80. The normalized spacial score (nSPS) is 10.7. The van der Waals surface area contributed by atoms with E-state index in [4.69, 9.17) is 0 Å². The highest BCUT2D eigenvalue weighted by molar-refractivity contribution is 9.10. The van der Waals surface area contributed by atoms with E-state index in [1.165, 1.54) is 6.07 Å². The molecule has 2 rings (SSSR count). The number of hydrogen-bond acceptors (Lipinski definition) is 1. The first kappa shape index (κ1) is 14.7. The summed E-state index contributed by atoms with van der Waals surface area (Å²) in [5.74, 6) is -0.720. The van der Waals surface area contributed by atoms with Crippen LogP contribution in [0, 0.1) is 5.82 Å². The van der Waals surface area contributed by atoms with Gasteiger partial charge in [-0.25, -0.2) is 4.39 Å². The van der Waals surface area contributed by atoms with E-state index in [1.807, 2.05) is 38.1 Å². The minimum atomic E-state index is -0.549. The number of benzene rings is 2. The quantitative estimate of drug-likeness (QED) is 0.843. The number of para-hydroxylation sites is 1. The molecule has 104 valence electrons. The lowest BCUT2D eigenvalue weighted by molar-refractivity contribution is 0.102. The van der Waals surface area contributed by atoms with Crippen LogP contribution in [-0.4, -0.2) is 5.91 Å². The number of halogens is 2. The fourth-order valence-corrected chi connectivity index (χ4v) is 2.35. The minimum Gasteiger partial charge on any atom is -0.322 e. The summed E-state index contributed by atoms with van der Waals surface area (Å²) in [5.41, 5.74) is 1.76. The molecule has 1 N–H and O–H groups in total. The number of nitrogens with one attached hydrogen (secondary N) is 1. The second-order valence-corrected chi connectivity index (χ2v) is 5.65. The van der Waals surface area contributed by atoms with Gasteiger partial charge in [0.15, 0.2) is 0 Å². The van der Waals surface area contributed by atoms with Crippen molar-refractivity contribution in [2.75, 3.05) is 5.32 Å². The van der Waals surface area contributed by atoms with E-state index < -0.39 is 11.7 Å². The predicted octanol–water partition coefficient (Wildman–Crippen LogP) is 4.96. The summed E-state index contributed by atoms with van der Waals surface area (Å²) in [5, 5.41) is 2.78. The maximum atomic E-state index is 13.9. The highest BCUT2D eigenvalue weighted by Gasteiger charge is 2.15. The second kappa shape index (κ2) is 6.18. The third kappa shape index (κ3) is 3.07. The summed E-state index contributed by atoms with van der Waals surface area (Å²) in [4.78, 5) is 12.2. The number of hydrogen-bond donors (Lipinski definition) is 1. The minimum absolute atomic E-state index is 0.0259. The molecule has 0 unspecified atom stereocenters. The van der Waals surface area contributed by atoms with Gasteiger partial charge in [-0.15, -0.1) is 0 Å². The van der Waals surface area contributed by atoms with E-state index in [0.29, 0.717) is 5.69 Å². The molecule has 0 aromatic heterocycles. The monoisotopic (exact) mass is 335 g/mol. The Morgan fingerprint density at radius 3 is 2.55 bits per heavy atom. The first-order valence-corrected chi connectivity index (χ1v) is 7.14. The molecule has 2 aromatic rings. The molecule has 0 spiro atoms. The lowest BCUT2D eigenvalue weighted by Gasteiger charge is -2.14. The third-order valence-corrected chi connectivity index (χ3v) is 3.64. The van der Waals surface area contributed by atoms with E-state index >= 15 is 0 Å². The molecule has 1 amide bonds. The van der Waals surface area contributed by atoms with Gasteiger partial charge in [0, 0.05) is 5.69 Å². The van der Waals surface area contributed by atoms with Gasteiger partial charge in [0.05, 0.1) is 10.0 Å². The van der Waals surface area contributed by atoms with Crippen molar-refractivity contribution < 1.29 is 9.18 Å². The summed E-state index contributed by atoms with van der Waals surface area (Å²) < 4.78 is 14.2. The van der Waals surface area contributed by atoms with Crippen LogP contribution >= 0.6 is 15.9 Å². The highest BCUT2D eigenvalue weighted by Crippen LogP contribution is 2.25. The number of anilines is 1. The molecule has 0 atom stereocenters. The Morgan fingerprint density at radius 2 is 1.85 bits per heavy atom. The van der Waals surface area contributed by atoms with Gasteiger partial charge in [0.1, 0.15) is 5.82 Å². The van der Waals surface area contributed by atoms with Gasteiger partial charge in [-0.1, -0.05) is 38.1 Å². The summed E-state index contributed by atoms with van der Waals surface area (Å²) >= 11 is 3.08. The van der Waals surface area contributed by atoms with E-state index in [-0.39, 0.29) is 16.0 Å².